The predicted molar refractivity (Wildman–Crippen MR) is 138 cm³/mol. The van der Waals surface area contributed by atoms with Crippen molar-refractivity contribution in [2.75, 3.05) is 19.6 Å². The second-order valence-corrected chi connectivity index (χ2v) is 10.0. The van der Waals surface area contributed by atoms with Crippen LogP contribution >= 0.6 is 0 Å². The van der Waals surface area contributed by atoms with Crippen LogP contribution in [0.15, 0.2) is 60.7 Å². The molecule has 5 rings (SSSR count). The van der Waals surface area contributed by atoms with Gasteiger partial charge in [0.15, 0.2) is 0 Å². The van der Waals surface area contributed by atoms with Crippen molar-refractivity contribution in [1.29, 1.82) is 0 Å². The highest BCUT2D eigenvalue weighted by Gasteiger charge is 2.45. The van der Waals surface area contributed by atoms with Gasteiger partial charge < -0.3 is 15.0 Å². The molecule has 1 spiro atoms. The predicted octanol–water partition coefficient (Wildman–Crippen LogP) is 4.99. The number of piperidine rings is 1. The van der Waals surface area contributed by atoms with E-state index in [-0.39, 0.29) is 23.7 Å². The van der Waals surface area contributed by atoms with E-state index in [1.165, 1.54) is 5.56 Å². The Bertz CT molecular complexity index is 1170. The number of hydrogen-bond donors (Lipinski definition) is 1. The fraction of sp³-hybridized carbons (Fsp3) is 0.448. The van der Waals surface area contributed by atoms with E-state index in [1.54, 1.807) is 0 Å². The molecule has 2 fully saturated rings. The van der Waals surface area contributed by atoms with Crippen molar-refractivity contribution >= 4 is 5.91 Å². The van der Waals surface area contributed by atoms with E-state index in [1.807, 2.05) is 48.9 Å². The molecule has 0 saturated carbocycles. The minimum Gasteiger partial charge on any atom is -0.367 e. The number of nitrogens with zero attached hydrogens (tertiary/aromatic N) is 3. The summed E-state index contributed by atoms with van der Waals surface area (Å²) in [6.45, 7) is 8.70. The second kappa shape index (κ2) is 9.96. The monoisotopic (exact) mass is 472 g/mol. The Hall–Kier alpha value is -2.96. The molecule has 1 aromatic heterocycles. The van der Waals surface area contributed by atoms with Crippen LogP contribution in [0.1, 0.15) is 66.0 Å². The summed E-state index contributed by atoms with van der Waals surface area (Å²) in [6, 6.07) is 20.5. The number of amides is 1. The third-order valence-corrected chi connectivity index (χ3v) is 7.56. The van der Waals surface area contributed by atoms with Crippen LogP contribution in [-0.4, -0.2) is 51.9 Å². The highest BCUT2D eigenvalue weighted by Crippen LogP contribution is 2.43. The van der Waals surface area contributed by atoms with Crippen molar-refractivity contribution in [1.82, 2.24) is 20.0 Å². The zero-order valence-corrected chi connectivity index (χ0v) is 21.0. The molecule has 3 aromatic rings. The Morgan fingerprint density at radius 1 is 1.11 bits per heavy atom. The summed E-state index contributed by atoms with van der Waals surface area (Å²) in [5.74, 6) is 0.0821. The first-order chi connectivity index (χ1) is 17.0. The number of rotatable bonds is 5. The third kappa shape index (κ3) is 4.91. The van der Waals surface area contributed by atoms with Gasteiger partial charge in [-0.3, -0.25) is 4.79 Å². The molecule has 2 atom stereocenters. The molecule has 1 amide bonds. The molecule has 2 saturated heterocycles. The van der Waals surface area contributed by atoms with Gasteiger partial charge in [-0.25, -0.2) is 4.68 Å². The minimum absolute atomic E-state index is 0.00377. The summed E-state index contributed by atoms with van der Waals surface area (Å²) in [7, 11) is 0. The number of nitrogens with one attached hydrogen (secondary N) is 1. The lowest BCUT2D eigenvalue weighted by atomic mass is 9.79. The molecular formula is C29H36N4O2. The number of aryl methyl sites for hydroxylation is 2. The van der Waals surface area contributed by atoms with E-state index in [0.29, 0.717) is 12.1 Å². The zero-order valence-electron chi connectivity index (χ0n) is 21.0. The van der Waals surface area contributed by atoms with Gasteiger partial charge in [-0.2, -0.15) is 5.10 Å². The molecule has 184 valence electrons. The van der Waals surface area contributed by atoms with Gasteiger partial charge in [-0.05, 0) is 89.4 Å². The van der Waals surface area contributed by atoms with E-state index < -0.39 is 0 Å². The molecule has 2 aromatic carbocycles. The van der Waals surface area contributed by atoms with E-state index in [2.05, 4.69) is 52.6 Å². The van der Waals surface area contributed by atoms with Crippen molar-refractivity contribution in [2.45, 2.75) is 64.2 Å². The molecule has 0 aliphatic carbocycles. The topological polar surface area (TPSA) is 59.4 Å². The summed E-state index contributed by atoms with van der Waals surface area (Å²) in [5.41, 5.74) is 4.66. The van der Waals surface area contributed by atoms with Crippen LogP contribution in [0.25, 0.3) is 5.69 Å². The second-order valence-electron chi connectivity index (χ2n) is 10.0. The summed E-state index contributed by atoms with van der Waals surface area (Å²) >= 11 is 0. The van der Waals surface area contributed by atoms with Crippen LogP contribution in [0.4, 0.5) is 0 Å². The maximum atomic E-state index is 13.9. The first-order valence-electron chi connectivity index (χ1n) is 12.9. The normalized spacial score (nSPS) is 21.7. The number of aromatic nitrogens is 2. The Morgan fingerprint density at radius 2 is 1.89 bits per heavy atom. The first-order valence-corrected chi connectivity index (χ1v) is 12.9. The molecule has 1 N–H and O–H groups in total. The Kier molecular flexibility index (Phi) is 6.76. The van der Waals surface area contributed by atoms with Gasteiger partial charge in [0.1, 0.15) is 0 Å². The van der Waals surface area contributed by atoms with Crippen LogP contribution in [0, 0.1) is 13.8 Å². The van der Waals surface area contributed by atoms with Gasteiger partial charge in [0.25, 0.3) is 5.91 Å². The number of ether oxygens (including phenoxy) is 1. The molecule has 6 nitrogen and oxygen atoms in total. The van der Waals surface area contributed by atoms with Gasteiger partial charge in [-0.1, -0.05) is 36.4 Å². The number of carbonyl (C=O) groups excluding carboxylic acids is 1. The number of carbonyl (C=O) groups is 1. The highest BCUT2D eigenvalue weighted by molar-refractivity contribution is 5.95. The third-order valence-electron chi connectivity index (χ3n) is 7.56. The maximum absolute atomic E-state index is 13.9. The summed E-state index contributed by atoms with van der Waals surface area (Å²) in [4.78, 5) is 16.0. The van der Waals surface area contributed by atoms with E-state index in [9.17, 15) is 4.79 Å². The molecule has 2 aliphatic heterocycles. The lowest BCUT2D eigenvalue weighted by molar-refractivity contribution is -0.162. The molecule has 0 radical (unpaired) electrons. The molecule has 6 heteroatoms. The molecule has 0 unspecified atom stereocenters. The van der Waals surface area contributed by atoms with Gasteiger partial charge in [0.05, 0.1) is 23.1 Å². The summed E-state index contributed by atoms with van der Waals surface area (Å²) in [6.07, 6.45) is 3.65. The minimum atomic E-state index is -0.187. The average molecular weight is 473 g/mol. The van der Waals surface area contributed by atoms with Crippen molar-refractivity contribution < 1.29 is 9.53 Å². The van der Waals surface area contributed by atoms with Gasteiger partial charge in [-0.15, -0.1) is 0 Å². The number of hydrogen-bond acceptors (Lipinski definition) is 4. The van der Waals surface area contributed by atoms with Crippen LogP contribution in [0.3, 0.4) is 0 Å². The SMILES string of the molecule is CCN(C(=O)c1cccc(-n2nc(C)cc2C)c1)[C@H]1C[C@@H](c2ccccc2)OC2(CCNCC2)C1. The molecule has 2 aliphatic rings. The number of benzene rings is 2. The smallest absolute Gasteiger partial charge is 0.254 e. The van der Waals surface area contributed by atoms with Crippen LogP contribution < -0.4 is 5.32 Å². The van der Waals surface area contributed by atoms with Crippen molar-refractivity contribution in [3.8, 4) is 5.69 Å². The van der Waals surface area contributed by atoms with Crippen molar-refractivity contribution in [2.24, 2.45) is 0 Å². The van der Waals surface area contributed by atoms with Gasteiger partial charge in [0, 0.05) is 23.8 Å². The van der Waals surface area contributed by atoms with Crippen molar-refractivity contribution in [3.63, 3.8) is 0 Å². The summed E-state index contributed by atoms with van der Waals surface area (Å²) < 4.78 is 8.72. The first kappa shape index (κ1) is 23.8. The van der Waals surface area contributed by atoms with Crippen molar-refractivity contribution in [3.05, 3.63) is 83.2 Å². The quantitative estimate of drug-likeness (QED) is 0.568. The lowest BCUT2D eigenvalue weighted by Crippen LogP contribution is -2.54. The van der Waals surface area contributed by atoms with E-state index >= 15 is 0 Å². The maximum Gasteiger partial charge on any atom is 0.254 e. The van der Waals surface area contributed by atoms with Gasteiger partial charge in [0.2, 0.25) is 0 Å². The fourth-order valence-electron chi connectivity index (χ4n) is 5.87. The summed E-state index contributed by atoms with van der Waals surface area (Å²) in [5, 5.41) is 8.08. The fourth-order valence-corrected chi connectivity index (χ4v) is 5.87. The Morgan fingerprint density at radius 3 is 2.57 bits per heavy atom. The molecule has 0 bridgehead atoms. The Labute approximate surface area is 208 Å². The zero-order chi connectivity index (χ0) is 24.4. The van der Waals surface area contributed by atoms with Crippen LogP contribution in [-0.2, 0) is 4.74 Å². The standard InChI is InChI=1S/C29H36N4O2/c1-4-32(28(34)24-11-8-12-25(18-24)33-22(3)17-21(2)31-33)26-19-27(23-9-6-5-7-10-23)35-29(20-26)13-15-30-16-14-29/h5-12,17-18,26-27,30H,4,13-16,19-20H2,1-3H3/t26-,27-/m0/s1. The van der Waals surface area contributed by atoms with E-state index in [0.717, 1.165) is 55.8 Å². The largest absolute Gasteiger partial charge is 0.367 e. The highest BCUT2D eigenvalue weighted by atomic mass is 16.5. The average Bonchev–Trinajstić information content (AvgIpc) is 3.23. The van der Waals surface area contributed by atoms with E-state index in [4.69, 9.17) is 4.74 Å². The van der Waals surface area contributed by atoms with Crippen LogP contribution in [0.5, 0.6) is 0 Å². The van der Waals surface area contributed by atoms with Gasteiger partial charge >= 0.3 is 0 Å². The molecule has 35 heavy (non-hydrogen) atoms. The lowest BCUT2D eigenvalue weighted by Gasteiger charge is -2.49. The molecular weight excluding hydrogens is 436 g/mol. The van der Waals surface area contributed by atoms with Crippen LogP contribution in [0.2, 0.25) is 0 Å². The molecule has 3 heterocycles. The Balaban J connectivity index is 1.44.